The number of carbonyl (C=O) groups excluding carboxylic acids is 1. The van der Waals surface area contributed by atoms with Crippen LogP contribution in [0.2, 0.25) is 5.02 Å². The summed E-state index contributed by atoms with van der Waals surface area (Å²) in [6, 6.07) is 4.76. The van der Waals surface area contributed by atoms with E-state index in [2.05, 4.69) is 14.7 Å². The fourth-order valence-electron chi connectivity index (χ4n) is 1.99. The number of hydrogen-bond acceptors (Lipinski definition) is 6. The summed E-state index contributed by atoms with van der Waals surface area (Å²) in [6.45, 7) is 0. The lowest BCUT2D eigenvalue weighted by Crippen LogP contribution is -2.10. The Labute approximate surface area is 128 Å². The Morgan fingerprint density at radius 3 is 2.95 bits per heavy atom. The lowest BCUT2D eigenvalue weighted by molar-refractivity contribution is 0.0594. The topological polar surface area (TPSA) is 91.2 Å². The standard InChI is InChI=1S/C14H9ClFN3O3/c1-21-14(20)13-9(15)11(17)10(16)12(19-13)6-2-3-8-7(4-6)18-5-22-8/h2-5H,1H3,(H2,17,19). The summed E-state index contributed by atoms with van der Waals surface area (Å²) in [7, 11) is 1.17. The van der Waals surface area contributed by atoms with E-state index in [4.69, 9.17) is 21.8 Å². The van der Waals surface area contributed by atoms with Crippen LogP contribution in [0.1, 0.15) is 10.5 Å². The van der Waals surface area contributed by atoms with E-state index in [0.29, 0.717) is 16.7 Å². The van der Waals surface area contributed by atoms with Gasteiger partial charge < -0.3 is 14.9 Å². The van der Waals surface area contributed by atoms with Gasteiger partial charge in [0.15, 0.2) is 23.5 Å². The summed E-state index contributed by atoms with van der Waals surface area (Å²) in [5.74, 6) is -1.62. The quantitative estimate of drug-likeness (QED) is 0.729. The maximum absolute atomic E-state index is 14.4. The van der Waals surface area contributed by atoms with Gasteiger partial charge in [0, 0.05) is 5.56 Å². The summed E-state index contributed by atoms with van der Waals surface area (Å²) in [5, 5.41) is -0.282. The van der Waals surface area contributed by atoms with Gasteiger partial charge in [0.2, 0.25) is 0 Å². The molecular weight excluding hydrogens is 313 g/mol. The third-order valence-corrected chi connectivity index (χ3v) is 3.48. The first kappa shape index (κ1) is 14.3. The van der Waals surface area contributed by atoms with E-state index in [-0.39, 0.29) is 22.1 Å². The number of anilines is 1. The van der Waals surface area contributed by atoms with Crippen LogP contribution in [-0.2, 0) is 4.74 Å². The Balaban J connectivity index is 2.25. The number of carbonyl (C=O) groups is 1. The van der Waals surface area contributed by atoms with Crippen molar-refractivity contribution in [2.24, 2.45) is 0 Å². The zero-order chi connectivity index (χ0) is 15.9. The van der Waals surface area contributed by atoms with Gasteiger partial charge in [-0.3, -0.25) is 0 Å². The number of fused-ring (bicyclic) bond motifs is 1. The van der Waals surface area contributed by atoms with Crippen LogP contribution in [0.15, 0.2) is 29.0 Å². The van der Waals surface area contributed by atoms with Crippen LogP contribution in [-0.4, -0.2) is 23.0 Å². The van der Waals surface area contributed by atoms with Gasteiger partial charge in [-0.25, -0.2) is 19.2 Å². The number of aromatic nitrogens is 2. The van der Waals surface area contributed by atoms with Gasteiger partial charge in [-0.15, -0.1) is 0 Å². The molecule has 0 saturated carbocycles. The highest BCUT2D eigenvalue weighted by Gasteiger charge is 2.23. The second-order valence-corrected chi connectivity index (χ2v) is 4.76. The number of halogens is 2. The number of benzene rings is 1. The molecule has 8 heteroatoms. The van der Waals surface area contributed by atoms with Crippen molar-refractivity contribution in [2.45, 2.75) is 0 Å². The number of nitrogens with zero attached hydrogens (tertiary/aromatic N) is 2. The molecule has 0 saturated heterocycles. The first-order chi connectivity index (χ1) is 10.5. The largest absolute Gasteiger partial charge is 0.464 e. The summed E-state index contributed by atoms with van der Waals surface area (Å²) in [4.78, 5) is 19.6. The van der Waals surface area contributed by atoms with Gasteiger partial charge in [-0.1, -0.05) is 11.6 Å². The first-order valence-corrected chi connectivity index (χ1v) is 6.47. The van der Waals surface area contributed by atoms with Crippen LogP contribution in [0.25, 0.3) is 22.4 Å². The molecule has 0 aliphatic rings. The second kappa shape index (κ2) is 5.27. The number of nitrogen functional groups attached to an aromatic ring is 1. The van der Waals surface area contributed by atoms with Crippen molar-refractivity contribution in [3.8, 4) is 11.3 Å². The predicted octanol–water partition coefficient (Wildman–Crippen LogP) is 3.05. The van der Waals surface area contributed by atoms with Crippen LogP contribution < -0.4 is 5.73 Å². The molecule has 22 heavy (non-hydrogen) atoms. The Hall–Kier alpha value is -2.67. The van der Waals surface area contributed by atoms with Crippen molar-refractivity contribution in [1.29, 1.82) is 0 Å². The van der Waals surface area contributed by atoms with E-state index in [9.17, 15) is 9.18 Å². The number of ether oxygens (including phenoxy) is 1. The van der Waals surface area contributed by atoms with Crippen molar-refractivity contribution >= 4 is 34.4 Å². The number of esters is 1. The molecule has 0 aliphatic carbocycles. The van der Waals surface area contributed by atoms with Gasteiger partial charge in [-0.05, 0) is 18.2 Å². The highest BCUT2D eigenvalue weighted by molar-refractivity contribution is 6.35. The van der Waals surface area contributed by atoms with Crippen molar-refractivity contribution < 1.29 is 18.3 Å². The number of methoxy groups -OCH3 is 1. The Kier molecular flexibility index (Phi) is 3.42. The fraction of sp³-hybridized carbons (Fsp3) is 0.0714. The SMILES string of the molecule is COC(=O)c1nc(-c2ccc3ocnc3c2)c(F)c(N)c1Cl. The molecule has 0 fully saturated rings. The average Bonchev–Trinajstić information content (AvgIpc) is 2.99. The number of nitrogens with two attached hydrogens (primary N) is 1. The number of hydrogen-bond donors (Lipinski definition) is 1. The van der Waals surface area contributed by atoms with Gasteiger partial charge >= 0.3 is 5.97 Å². The molecule has 6 nitrogen and oxygen atoms in total. The zero-order valence-electron chi connectivity index (χ0n) is 11.3. The Morgan fingerprint density at radius 2 is 2.23 bits per heavy atom. The van der Waals surface area contributed by atoms with E-state index in [1.807, 2.05) is 0 Å². The third kappa shape index (κ3) is 2.15. The minimum absolute atomic E-state index is 0.118. The van der Waals surface area contributed by atoms with Gasteiger partial charge in [0.25, 0.3) is 0 Å². The predicted molar refractivity (Wildman–Crippen MR) is 78.0 cm³/mol. The molecule has 112 valence electrons. The second-order valence-electron chi connectivity index (χ2n) is 4.38. The third-order valence-electron chi connectivity index (χ3n) is 3.09. The van der Waals surface area contributed by atoms with Crippen LogP contribution in [0.5, 0.6) is 0 Å². The van der Waals surface area contributed by atoms with Crippen molar-refractivity contribution in [3.05, 3.63) is 41.1 Å². The highest BCUT2D eigenvalue weighted by Crippen LogP contribution is 2.33. The van der Waals surface area contributed by atoms with E-state index >= 15 is 0 Å². The monoisotopic (exact) mass is 321 g/mol. The molecule has 3 aromatic rings. The summed E-state index contributed by atoms with van der Waals surface area (Å²) >= 11 is 5.85. The van der Waals surface area contributed by atoms with Gasteiger partial charge in [0.05, 0.1) is 17.8 Å². The minimum atomic E-state index is -0.819. The maximum Gasteiger partial charge on any atom is 0.358 e. The lowest BCUT2D eigenvalue weighted by Gasteiger charge is -2.10. The molecule has 2 heterocycles. The molecule has 0 bridgehead atoms. The molecule has 0 atom stereocenters. The molecule has 0 amide bonds. The van der Waals surface area contributed by atoms with Crippen molar-refractivity contribution in [1.82, 2.24) is 9.97 Å². The average molecular weight is 322 g/mol. The smallest absolute Gasteiger partial charge is 0.358 e. The molecule has 0 spiro atoms. The van der Waals surface area contributed by atoms with Crippen LogP contribution in [0.3, 0.4) is 0 Å². The molecule has 0 aliphatic heterocycles. The maximum atomic E-state index is 14.4. The lowest BCUT2D eigenvalue weighted by atomic mass is 10.1. The van der Waals surface area contributed by atoms with E-state index in [1.54, 1.807) is 18.2 Å². The number of rotatable bonds is 2. The number of oxazole rings is 1. The van der Waals surface area contributed by atoms with Crippen molar-refractivity contribution in [2.75, 3.05) is 12.8 Å². The van der Waals surface area contributed by atoms with E-state index in [1.165, 1.54) is 13.5 Å². The van der Waals surface area contributed by atoms with Crippen LogP contribution in [0, 0.1) is 5.82 Å². The van der Waals surface area contributed by atoms with Crippen molar-refractivity contribution in [3.63, 3.8) is 0 Å². The zero-order valence-corrected chi connectivity index (χ0v) is 12.0. The summed E-state index contributed by atoms with van der Waals surface area (Å²) in [6.07, 6.45) is 1.27. The number of pyridine rings is 1. The molecule has 3 rings (SSSR count). The van der Waals surface area contributed by atoms with Crippen LogP contribution in [0.4, 0.5) is 10.1 Å². The van der Waals surface area contributed by atoms with Crippen LogP contribution >= 0.6 is 11.6 Å². The molecule has 1 aromatic carbocycles. The first-order valence-electron chi connectivity index (χ1n) is 6.09. The Bertz CT molecular complexity index is 894. The fourth-order valence-corrected chi connectivity index (χ4v) is 2.19. The van der Waals surface area contributed by atoms with Gasteiger partial charge in [0.1, 0.15) is 11.2 Å². The molecule has 0 radical (unpaired) electrons. The molecular formula is C14H9ClFN3O3. The van der Waals surface area contributed by atoms with Gasteiger partial charge in [-0.2, -0.15) is 0 Å². The highest BCUT2D eigenvalue weighted by atomic mass is 35.5. The molecule has 2 aromatic heterocycles. The van der Waals surface area contributed by atoms with E-state index < -0.39 is 11.8 Å². The molecule has 2 N–H and O–H groups in total. The molecule has 0 unspecified atom stereocenters. The normalized spacial score (nSPS) is 10.9. The minimum Gasteiger partial charge on any atom is -0.464 e. The summed E-state index contributed by atoms with van der Waals surface area (Å²) < 4.78 is 24.0. The Morgan fingerprint density at radius 1 is 1.45 bits per heavy atom. The van der Waals surface area contributed by atoms with E-state index in [0.717, 1.165) is 0 Å². The summed E-state index contributed by atoms with van der Waals surface area (Å²) in [5.41, 5.74) is 6.32.